The van der Waals surface area contributed by atoms with Gasteiger partial charge in [0.2, 0.25) is 0 Å². The summed E-state index contributed by atoms with van der Waals surface area (Å²) in [6.07, 6.45) is 1.35. The first-order valence-electron chi connectivity index (χ1n) is 4.54. The number of allylic oxidation sites excluding steroid dienone is 1. The molecule has 0 aliphatic heterocycles. The first kappa shape index (κ1) is 14.1. The van der Waals surface area contributed by atoms with Crippen LogP contribution in [0.25, 0.3) is 5.57 Å². The molecule has 0 saturated carbocycles. The van der Waals surface area contributed by atoms with E-state index in [4.69, 9.17) is 9.90 Å². The number of hydrogen-bond donors (Lipinski definition) is 1. The molecule has 0 aliphatic carbocycles. The first-order chi connectivity index (χ1) is 7.74. The van der Waals surface area contributed by atoms with Gasteiger partial charge >= 0.3 is 5.97 Å². The summed E-state index contributed by atoms with van der Waals surface area (Å²) in [7, 11) is 0. The van der Waals surface area contributed by atoms with Gasteiger partial charge in [-0.05, 0) is 18.1 Å². The van der Waals surface area contributed by atoms with E-state index in [0.717, 1.165) is 11.1 Å². The van der Waals surface area contributed by atoms with Crippen molar-refractivity contribution in [2.75, 3.05) is 6.79 Å². The van der Waals surface area contributed by atoms with Gasteiger partial charge in [0, 0.05) is 6.08 Å². The SMILES string of the molecule is C/C(=C\C(=O)OCO)c1ccccc1.C=O. The summed E-state index contributed by atoms with van der Waals surface area (Å²) in [6, 6.07) is 9.49. The molecule has 1 N–H and O–H groups in total. The predicted molar refractivity (Wildman–Crippen MR) is 60.4 cm³/mol. The van der Waals surface area contributed by atoms with Crippen LogP contribution in [0.2, 0.25) is 0 Å². The van der Waals surface area contributed by atoms with E-state index in [-0.39, 0.29) is 0 Å². The van der Waals surface area contributed by atoms with Gasteiger partial charge in [0.25, 0.3) is 0 Å². The maximum absolute atomic E-state index is 11.0. The quantitative estimate of drug-likeness (QED) is 0.477. The van der Waals surface area contributed by atoms with Crippen LogP contribution >= 0.6 is 0 Å². The highest BCUT2D eigenvalue weighted by molar-refractivity contribution is 5.90. The Labute approximate surface area is 94.2 Å². The van der Waals surface area contributed by atoms with Crippen LogP contribution in [-0.4, -0.2) is 24.7 Å². The first-order valence-corrected chi connectivity index (χ1v) is 4.54. The summed E-state index contributed by atoms with van der Waals surface area (Å²) in [5.41, 5.74) is 1.77. The molecule has 4 nitrogen and oxygen atoms in total. The zero-order chi connectivity index (χ0) is 12.4. The highest BCUT2D eigenvalue weighted by atomic mass is 16.6. The normalized spacial score (nSPS) is 10.0. The van der Waals surface area contributed by atoms with E-state index in [1.54, 1.807) is 0 Å². The van der Waals surface area contributed by atoms with E-state index < -0.39 is 12.8 Å². The van der Waals surface area contributed by atoms with Crippen molar-refractivity contribution in [3.63, 3.8) is 0 Å². The standard InChI is InChI=1S/C11H12O3.CH2O/c1-9(7-11(13)14-8-12)10-5-3-2-4-6-10;1-2/h2-7,12H,8H2,1H3;1H2/b9-7+;. The van der Waals surface area contributed by atoms with Crippen molar-refractivity contribution >= 4 is 18.3 Å². The molecule has 1 aromatic carbocycles. The Morgan fingerprint density at radius 3 is 2.44 bits per heavy atom. The molecular formula is C12H14O4. The lowest BCUT2D eigenvalue weighted by molar-refractivity contribution is -0.145. The molecule has 0 saturated heterocycles. The summed E-state index contributed by atoms with van der Waals surface area (Å²) in [5.74, 6) is -0.533. The molecule has 0 amide bonds. The Balaban J connectivity index is 0.00000106. The minimum atomic E-state index is -0.586. The number of benzene rings is 1. The maximum Gasteiger partial charge on any atom is 0.333 e. The molecule has 0 radical (unpaired) electrons. The number of hydrogen-bond acceptors (Lipinski definition) is 4. The molecule has 0 atom stereocenters. The molecule has 0 aromatic heterocycles. The molecule has 0 spiro atoms. The van der Waals surface area contributed by atoms with E-state index >= 15 is 0 Å². The number of carbonyl (C=O) groups is 2. The van der Waals surface area contributed by atoms with E-state index in [1.807, 2.05) is 44.0 Å². The van der Waals surface area contributed by atoms with Crippen LogP contribution in [-0.2, 0) is 14.3 Å². The summed E-state index contributed by atoms with van der Waals surface area (Å²) < 4.78 is 4.37. The summed E-state index contributed by atoms with van der Waals surface area (Å²) in [6.45, 7) is 3.23. The Morgan fingerprint density at radius 2 is 1.94 bits per heavy atom. The number of rotatable bonds is 3. The second-order valence-corrected chi connectivity index (χ2v) is 2.79. The van der Waals surface area contributed by atoms with Crippen LogP contribution in [0.4, 0.5) is 0 Å². The van der Waals surface area contributed by atoms with Crippen molar-refractivity contribution in [1.82, 2.24) is 0 Å². The van der Waals surface area contributed by atoms with Crippen molar-refractivity contribution in [1.29, 1.82) is 0 Å². The van der Waals surface area contributed by atoms with Crippen molar-refractivity contribution in [2.45, 2.75) is 6.92 Å². The van der Waals surface area contributed by atoms with Gasteiger partial charge in [0.05, 0.1) is 0 Å². The number of aliphatic hydroxyl groups is 1. The summed E-state index contributed by atoms with van der Waals surface area (Å²) in [5, 5.41) is 8.35. The molecule has 4 heteroatoms. The molecular weight excluding hydrogens is 208 g/mol. The van der Waals surface area contributed by atoms with Gasteiger partial charge < -0.3 is 14.6 Å². The van der Waals surface area contributed by atoms with E-state index in [1.165, 1.54) is 6.08 Å². The molecule has 0 bridgehead atoms. The van der Waals surface area contributed by atoms with Gasteiger partial charge in [-0.2, -0.15) is 0 Å². The predicted octanol–water partition coefficient (Wildman–Crippen LogP) is 1.40. The number of carbonyl (C=O) groups excluding carboxylic acids is 2. The third kappa shape index (κ3) is 5.07. The smallest absolute Gasteiger partial charge is 0.333 e. The van der Waals surface area contributed by atoms with Crippen LogP contribution in [0.15, 0.2) is 36.4 Å². The Bertz CT molecular complexity index is 343. The average molecular weight is 222 g/mol. The van der Waals surface area contributed by atoms with Gasteiger partial charge in [0.1, 0.15) is 6.79 Å². The highest BCUT2D eigenvalue weighted by Gasteiger charge is 1.99. The van der Waals surface area contributed by atoms with Crippen molar-refractivity contribution in [2.24, 2.45) is 0 Å². The van der Waals surface area contributed by atoms with Crippen LogP contribution in [0.1, 0.15) is 12.5 Å². The van der Waals surface area contributed by atoms with Gasteiger partial charge in [-0.15, -0.1) is 0 Å². The molecule has 1 rings (SSSR count). The molecule has 0 fully saturated rings. The zero-order valence-electron chi connectivity index (χ0n) is 9.05. The van der Waals surface area contributed by atoms with Gasteiger partial charge in [-0.1, -0.05) is 30.3 Å². The van der Waals surface area contributed by atoms with E-state index in [9.17, 15) is 4.79 Å². The van der Waals surface area contributed by atoms with Crippen molar-refractivity contribution in [3.8, 4) is 0 Å². The van der Waals surface area contributed by atoms with Crippen LogP contribution in [0, 0.1) is 0 Å². The third-order valence-corrected chi connectivity index (χ3v) is 1.77. The lowest BCUT2D eigenvalue weighted by Gasteiger charge is -2.00. The fraction of sp³-hybridized carbons (Fsp3) is 0.167. The maximum atomic E-state index is 11.0. The Hall–Kier alpha value is -1.94. The van der Waals surface area contributed by atoms with Gasteiger partial charge in [-0.25, -0.2) is 4.79 Å². The monoisotopic (exact) mass is 222 g/mol. The highest BCUT2D eigenvalue weighted by Crippen LogP contribution is 2.12. The Morgan fingerprint density at radius 1 is 1.38 bits per heavy atom. The molecule has 1 aromatic rings. The summed E-state index contributed by atoms with van der Waals surface area (Å²) in [4.78, 5) is 19.0. The largest absolute Gasteiger partial charge is 0.436 e. The lowest BCUT2D eigenvalue weighted by atomic mass is 10.1. The van der Waals surface area contributed by atoms with Crippen LogP contribution < -0.4 is 0 Å². The lowest BCUT2D eigenvalue weighted by Crippen LogP contribution is -2.01. The molecule has 0 unspecified atom stereocenters. The van der Waals surface area contributed by atoms with Gasteiger partial charge in [0.15, 0.2) is 6.79 Å². The second kappa shape index (κ2) is 8.38. The topological polar surface area (TPSA) is 63.6 Å². The second-order valence-electron chi connectivity index (χ2n) is 2.79. The van der Waals surface area contributed by atoms with Gasteiger partial charge in [-0.3, -0.25) is 0 Å². The van der Waals surface area contributed by atoms with Crippen molar-refractivity contribution < 1.29 is 19.4 Å². The fourth-order valence-corrected chi connectivity index (χ4v) is 1.07. The van der Waals surface area contributed by atoms with E-state index in [2.05, 4.69) is 4.74 Å². The van der Waals surface area contributed by atoms with Crippen molar-refractivity contribution in [3.05, 3.63) is 42.0 Å². The Kier molecular flexibility index (Phi) is 7.36. The average Bonchev–Trinajstić information content (AvgIpc) is 2.33. The zero-order valence-corrected chi connectivity index (χ0v) is 9.05. The minimum Gasteiger partial charge on any atom is -0.436 e. The molecule has 0 aliphatic rings. The summed E-state index contributed by atoms with van der Waals surface area (Å²) >= 11 is 0. The van der Waals surface area contributed by atoms with Crippen LogP contribution in [0.5, 0.6) is 0 Å². The van der Waals surface area contributed by atoms with E-state index in [0.29, 0.717) is 0 Å². The molecule has 0 heterocycles. The van der Waals surface area contributed by atoms with Crippen LogP contribution in [0.3, 0.4) is 0 Å². The number of aliphatic hydroxyl groups excluding tert-OH is 1. The third-order valence-electron chi connectivity index (χ3n) is 1.77. The molecule has 86 valence electrons. The number of ether oxygens (including phenoxy) is 1. The minimum absolute atomic E-state index is 0.533. The fourth-order valence-electron chi connectivity index (χ4n) is 1.07. The number of esters is 1. The molecule has 16 heavy (non-hydrogen) atoms.